The minimum Gasteiger partial charge on any atom is -0.746 e. The second-order valence-corrected chi connectivity index (χ2v) is 7.64. The van der Waals surface area contributed by atoms with Crippen LogP contribution in [-0.4, -0.2) is 78.5 Å². The Labute approximate surface area is 226 Å². The molecule has 212 valence electrons. The summed E-state index contributed by atoms with van der Waals surface area (Å²) in [6.45, 7) is 0. The van der Waals surface area contributed by atoms with Gasteiger partial charge in [-0.15, -0.1) is 0 Å². The van der Waals surface area contributed by atoms with E-state index in [4.69, 9.17) is 0 Å². The Morgan fingerprint density at radius 3 is 0.917 bits per heavy atom. The Hall–Kier alpha value is 0.146. The van der Waals surface area contributed by atoms with Crippen molar-refractivity contribution in [2.45, 2.75) is 65.5 Å². The molecule has 0 spiro atoms. The van der Waals surface area contributed by atoms with E-state index in [1.807, 2.05) is 0 Å². The van der Waals surface area contributed by atoms with Gasteiger partial charge in [-0.3, -0.25) is 0 Å². The molecule has 0 heterocycles. The monoisotopic (exact) mass is 634 g/mol. The van der Waals surface area contributed by atoms with Crippen LogP contribution < -0.4 is 51.4 Å². The molecule has 2 unspecified atom stereocenters. The molecule has 0 aromatic heterocycles. The van der Waals surface area contributed by atoms with Gasteiger partial charge in [0.2, 0.25) is 6.17 Å². The molecule has 0 aromatic carbocycles. The van der Waals surface area contributed by atoms with Gasteiger partial charge in [-0.1, -0.05) is 0 Å². The van der Waals surface area contributed by atoms with E-state index in [0.29, 0.717) is 0 Å². The average Bonchev–Trinajstić information content (AvgIpc) is 2.64. The number of halogens is 20. The Morgan fingerprint density at radius 2 is 0.694 bits per heavy atom. The van der Waals surface area contributed by atoms with Crippen molar-refractivity contribution in [1.29, 1.82) is 0 Å². The van der Waals surface area contributed by atoms with Crippen LogP contribution in [0.2, 0.25) is 0 Å². The summed E-state index contributed by atoms with van der Waals surface area (Å²) in [6, 6.07) is 0. The van der Waals surface area contributed by atoms with Gasteiger partial charge in [0.25, 0.3) is 11.9 Å². The summed E-state index contributed by atoms with van der Waals surface area (Å²) in [5.41, 5.74) is -6.22. The second-order valence-electron chi connectivity index (χ2n) is 6.24. The normalized spacial score (nSPS) is 17.6. The fourth-order valence-corrected chi connectivity index (χ4v) is 2.37. The van der Waals surface area contributed by atoms with Crippen molar-refractivity contribution in [3.8, 4) is 0 Å². The van der Waals surface area contributed by atoms with E-state index in [9.17, 15) is 101 Å². The van der Waals surface area contributed by atoms with Crippen LogP contribution >= 0.6 is 0 Å². The van der Waals surface area contributed by atoms with Gasteiger partial charge in [0.05, 0.1) is 0 Å². The SMILES string of the molecule is O=S(=O)([O-])C(F)C(F)(F)C(F)(F)C(F)(F)C(F)(F)C(F)(F)C(F)(F)C(F)(F)C(F)(F)C(F)C(F)F.[K+]. The van der Waals surface area contributed by atoms with Gasteiger partial charge in [0.1, 0.15) is 10.1 Å². The van der Waals surface area contributed by atoms with Crippen LogP contribution in [0.4, 0.5) is 87.8 Å². The first-order chi connectivity index (χ1) is 14.8. The van der Waals surface area contributed by atoms with Gasteiger partial charge >= 0.3 is 98.8 Å². The third kappa shape index (κ3) is 5.17. The van der Waals surface area contributed by atoms with Crippen LogP contribution in [0, 0.1) is 0 Å². The Kier molecular flexibility index (Phi) is 10.9. The zero-order valence-electron chi connectivity index (χ0n) is 15.9. The predicted octanol–water partition coefficient (Wildman–Crippen LogP) is 2.52. The molecule has 0 N–H and O–H groups in total. The van der Waals surface area contributed by atoms with Crippen molar-refractivity contribution < 1.29 is 152 Å². The average molecular weight is 634 g/mol. The molecular formula is C11H3F20KO3S. The van der Waals surface area contributed by atoms with E-state index in [0.717, 1.165) is 0 Å². The van der Waals surface area contributed by atoms with Crippen LogP contribution in [0.25, 0.3) is 0 Å². The summed E-state index contributed by atoms with van der Waals surface area (Å²) in [6.07, 6.45) is -11.4. The third-order valence-electron chi connectivity index (χ3n) is 3.92. The molecule has 0 rings (SSSR count). The molecule has 0 saturated carbocycles. The molecule has 0 amide bonds. The van der Waals surface area contributed by atoms with Crippen molar-refractivity contribution in [1.82, 2.24) is 0 Å². The maximum absolute atomic E-state index is 13.4. The first-order valence-electron chi connectivity index (χ1n) is 7.29. The smallest absolute Gasteiger partial charge is 0.746 e. The fourth-order valence-electron chi connectivity index (χ4n) is 1.86. The minimum absolute atomic E-state index is 0. The quantitative estimate of drug-likeness (QED) is 0.200. The zero-order valence-corrected chi connectivity index (χ0v) is 19.9. The maximum Gasteiger partial charge on any atom is 1.00 e. The number of hydrogen-bond acceptors (Lipinski definition) is 3. The molecule has 0 aromatic rings. The Balaban J connectivity index is 0. The molecule has 2 atom stereocenters. The van der Waals surface area contributed by atoms with Gasteiger partial charge in [0, 0.05) is 0 Å². The fraction of sp³-hybridized carbons (Fsp3) is 1.00. The summed E-state index contributed by atoms with van der Waals surface area (Å²) in [5.74, 6) is -69.5. The number of hydrogen-bond donors (Lipinski definition) is 0. The van der Waals surface area contributed by atoms with E-state index in [1.54, 1.807) is 0 Å². The molecule has 0 aliphatic carbocycles. The molecule has 0 radical (unpaired) electrons. The summed E-state index contributed by atoms with van der Waals surface area (Å²) < 4.78 is 291. The molecule has 0 fully saturated rings. The number of rotatable bonds is 11. The van der Waals surface area contributed by atoms with Crippen molar-refractivity contribution in [2.24, 2.45) is 0 Å². The zero-order chi connectivity index (χ0) is 29.2. The first kappa shape index (κ1) is 38.3. The molecule has 0 aliphatic rings. The van der Waals surface area contributed by atoms with Crippen molar-refractivity contribution >= 4 is 10.1 Å². The van der Waals surface area contributed by atoms with E-state index >= 15 is 0 Å². The first-order valence-corrected chi connectivity index (χ1v) is 8.76. The van der Waals surface area contributed by atoms with E-state index in [2.05, 4.69) is 0 Å². The second kappa shape index (κ2) is 10.3. The van der Waals surface area contributed by atoms with Crippen LogP contribution in [0.1, 0.15) is 0 Å². The van der Waals surface area contributed by atoms with Crippen LogP contribution in [0.3, 0.4) is 0 Å². The van der Waals surface area contributed by atoms with Gasteiger partial charge in [-0.25, -0.2) is 26.0 Å². The standard InChI is InChI=1S/C11H4F20O3S.K/c12-1(2(13)14)4(16,17)6(20,21)8(24,25)10(28,29)11(30,31)9(26,27)7(22,23)5(18,19)3(15)35(32,33)34;/h1-3H,(H,32,33,34);/q;+1/p-1. The van der Waals surface area contributed by atoms with E-state index in [1.165, 1.54) is 0 Å². The van der Waals surface area contributed by atoms with Crippen LogP contribution in [-0.2, 0) is 10.1 Å². The van der Waals surface area contributed by atoms with Crippen molar-refractivity contribution in [3.63, 3.8) is 0 Å². The van der Waals surface area contributed by atoms with Gasteiger partial charge in [0.15, 0.2) is 0 Å². The topological polar surface area (TPSA) is 57.2 Å². The van der Waals surface area contributed by atoms with Gasteiger partial charge in [-0.2, -0.15) is 70.2 Å². The predicted molar refractivity (Wildman–Crippen MR) is 65.1 cm³/mol. The molecule has 36 heavy (non-hydrogen) atoms. The molecule has 0 bridgehead atoms. The summed E-state index contributed by atoms with van der Waals surface area (Å²) in [4.78, 5) is 0. The molecular weight excluding hydrogens is 631 g/mol. The maximum atomic E-state index is 13.4. The van der Waals surface area contributed by atoms with Crippen molar-refractivity contribution in [3.05, 3.63) is 0 Å². The molecule has 3 nitrogen and oxygen atoms in total. The third-order valence-corrected chi connectivity index (χ3v) is 4.72. The minimum atomic E-state index is -9.15. The van der Waals surface area contributed by atoms with E-state index < -0.39 is 75.6 Å². The summed E-state index contributed by atoms with van der Waals surface area (Å²) in [5, 5.41) is 0. The molecule has 0 aliphatic heterocycles. The molecule has 25 heteroatoms. The summed E-state index contributed by atoms with van der Waals surface area (Å²) >= 11 is 0. The molecule has 0 saturated heterocycles. The van der Waals surface area contributed by atoms with Gasteiger partial charge in [-0.05, 0) is 0 Å². The van der Waals surface area contributed by atoms with Crippen molar-refractivity contribution in [2.75, 3.05) is 0 Å². The number of alkyl halides is 20. The largest absolute Gasteiger partial charge is 1.00 e. The Bertz CT molecular complexity index is 885. The van der Waals surface area contributed by atoms with Crippen LogP contribution in [0.15, 0.2) is 0 Å². The van der Waals surface area contributed by atoms with Crippen LogP contribution in [0.5, 0.6) is 0 Å². The Morgan fingerprint density at radius 1 is 0.472 bits per heavy atom. The van der Waals surface area contributed by atoms with Gasteiger partial charge < -0.3 is 4.55 Å². The summed E-state index contributed by atoms with van der Waals surface area (Å²) in [7, 11) is -7.57. The van der Waals surface area contributed by atoms with E-state index in [-0.39, 0.29) is 51.4 Å².